The number of rotatable bonds is 19. The number of hydrogen-bond acceptors (Lipinski definition) is 6. The maximum absolute atomic E-state index is 12.1. The average Bonchev–Trinajstić information content (AvgIpc) is 2.70. The van der Waals surface area contributed by atoms with Crippen molar-refractivity contribution in [3.63, 3.8) is 0 Å². The van der Waals surface area contributed by atoms with E-state index < -0.39 is 29.4 Å². The monoisotopic (exact) mass is 468 g/mol. The molecule has 2 atom stereocenters. The summed E-state index contributed by atoms with van der Waals surface area (Å²) in [5.74, 6) is -3.18. The number of unbranched alkanes of at least 4 members (excludes halogenated alkanes) is 14. The van der Waals surface area contributed by atoms with Gasteiger partial charge in [0.25, 0.3) is 0 Å². The molecule has 0 aromatic heterocycles. The van der Waals surface area contributed by atoms with Gasteiger partial charge in [-0.15, -0.1) is 0 Å². The summed E-state index contributed by atoms with van der Waals surface area (Å²) in [6, 6.07) is 0. The summed E-state index contributed by atoms with van der Waals surface area (Å²) in [7, 11) is 0. The molecular weight excluding hydrogens is 424 g/mol. The van der Waals surface area contributed by atoms with Gasteiger partial charge in [-0.1, -0.05) is 96.8 Å². The molecule has 0 aliphatic rings. The minimum atomic E-state index is -2.36. The summed E-state index contributed by atoms with van der Waals surface area (Å²) < 4.78 is 4.33. The number of aliphatic hydroxyl groups excluding tert-OH is 1. The Hall–Kier alpha value is -0.0103. The SMILES string of the molecule is CCCCCCCCCCCCCCCCCC(=O)C(C)(O)C(=O)OC(=O)C(C)O.[Ca+2]. The Labute approximate surface area is 218 Å². The molecule has 0 amide bonds. The maximum atomic E-state index is 12.1. The Balaban J connectivity index is 0. The zero-order valence-corrected chi connectivity index (χ0v) is 22.3. The van der Waals surface area contributed by atoms with Crippen molar-refractivity contribution >= 4 is 55.5 Å². The van der Waals surface area contributed by atoms with E-state index in [0.29, 0.717) is 6.42 Å². The number of ether oxygens (including phenoxy) is 1. The first kappa shape index (κ1) is 33.2. The van der Waals surface area contributed by atoms with Gasteiger partial charge in [-0.2, -0.15) is 0 Å². The molecule has 0 bridgehead atoms. The molecule has 6 nitrogen and oxygen atoms in total. The first-order valence-electron chi connectivity index (χ1n) is 11.9. The molecule has 0 radical (unpaired) electrons. The summed E-state index contributed by atoms with van der Waals surface area (Å²) in [6.07, 6.45) is 16.8. The topological polar surface area (TPSA) is 101 Å². The molecule has 0 saturated heterocycles. The van der Waals surface area contributed by atoms with Crippen LogP contribution in [0.5, 0.6) is 0 Å². The van der Waals surface area contributed by atoms with E-state index in [1.54, 1.807) is 0 Å². The molecule has 7 heteroatoms. The first-order chi connectivity index (χ1) is 14.2. The molecule has 0 rings (SSSR count). The molecule has 2 unspecified atom stereocenters. The zero-order chi connectivity index (χ0) is 22.8. The molecule has 176 valence electrons. The number of carbonyl (C=O) groups excluding carboxylic acids is 3. The van der Waals surface area contributed by atoms with Crippen LogP contribution in [-0.4, -0.2) is 77.4 Å². The van der Waals surface area contributed by atoms with Crippen LogP contribution in [-0.2, 0) is 19.1 Å². The largest absolute Gasteiger partial charge is 2.00 e. The average molecular weight is 469 g/mol. The predicted octanol–water partition coefficient (Wildman–Crippen LogP) is 4.64. The Morgan fingerprint density at radius 2 is 1.13 bits per heavy atom. The van der Waals surface area contributed by atoms with Crippen molar-refractivity contribution in [2.45, 2.75) is 135 Å². The minimum Gasteiger partial charge on any atom is -0.389 e. The molecule has 31 heavy (non-hydrogen) atoms. The summed E-state index contributed by atoms with van der Waals surface area (Å²) in [5.41, 5.74) is -2.36. The van der Waals surface area contributed by atoms with Crippen LogP contribution in [0, 0.1) is 0 Å². The van der Waals surface area contributed by atoms with E-state index in [1.165, 1.54) is 70.6 Å². The Bertz CT molecular complexity index is 490. The third kappa shape index (κ3) is 17.2. The van der Waals surface area contributed by atoms with Crippen molar-refractivity contribution in [2.75, 3.05) is 0 Å². The van der Waals surface area contributed by atoms with Crippen LogP contribution >= 0.6 is 0 Å². The first-order valence-corrected chi connectivity index (χ1v) is 11.9. The third-order valence-electron chi connectivity index (χ3n) is 5.48. The van der Waals surface area contributed by atoms with E-state index in [1.807, 2.05) is 0 Å². The summed E-state index contributed by atoms with van der Waals surface area (Å²) in [5, 5.41) is 19.1. The van der Waals surface area contributed by atoms with Crippen LogP contribution in [0.2, 0.25) is 0 Å². The summed E-state index contributed by atoms with van der Waals surface area (Å²) in [4.78, 5) is 35.0. The van der Waals surface area contributed by atoms with Crippen molar-refractivity contribution in [1.82, 2.24) is 0 Å². The van der Waals surface area contributed by atoms with Crippen LogP contribution in [0.15, 0.2) is 0 Å². The van der Waals surface area contributed by atoms with Gasteiger partial charge < -0.3 is 14.9 Å². The van der Waals surface area contributed by atoms with Crippen LogP contribution < -0.4 is 0 Å². The van der Waals surface area contributed by atoms with E-state index in [2.05, 4.69) is 11.7 Å². The van der Waals surface area contributed by atoms with Crippen molar-refractivity contribution in [1.29, 1.82) is 0 Å². The second kappa shape index (κ2) is 20.6. The van der Waals surface area contributed by atoms with Crippen molar-refractivity contribution in [3.05, 3.63) is 0 Å². The molecule has 0 heterocycles. The molecule has 0 aliphatic heterocycles. The van der Waals surface area contributed by atoms with E-state index in [9.17, 15) is 19.5 Å². The summed E-state index contributed by atoms with van der Waals surface area (Å²) in [6.45, 7) is 4.41. The number of ketones is 1. The van der Waals surface area contributed by atoms with Gasteiger partial charge in [0.05, 0.1) is 0 Å². The smallest absolute Gasteiger partial charge is 0.389 e. The fraction of sp³-hybridized carbons (Fsp3) is 0.875. The number of hydrogen-bond donors (Lipinski definition) is 2. The van der Waals surface area contributed by atoms with E-state index in [-0.39, 0.29) is 44.2 Å². The molecule has 0 aromatic carbocycles. The Morgan fingerprint density at radius 1 is 0.774 bits per heavy atom. The number of carbonyl (C=O) groups is 3. The van der Waals surface area contributed by atoms with Crippen molar-refractivity contribution in [2.24, 2.45) is 0 Å². The quantitative estimate of drug-likeness (QED) is 0.124. The molecular formula is C24H44CaO6+2. The van der Waals surface area contributed by atoms with Crippen LogP contribution in [0.1, 0.15) is 124 Å². The maximum Gasteiger partial charge on any atom is 2.00 e. The minimum absolute atomic E-state index is 0. The standard InChI is InChI=1S/C24H44O6.Ca/c1-4-5-6-7-8-9-10-11-12-13-14-15-16-17-18-19-21(26)24(3,29)23(28)30-22(27)20(2)25;/h20,25,29H,4-19H2,1-3H3;/q;+2. The molecule has 0 fully saturated rings. The van der Waals surface area contributed by atoms with Gasteiger partial charge in [-0.25, -0.2) is 9.59 Å². The molecule has 0 spiro atoms. The Morgan fingerprint density at radius 3 is 1.48 bits per heavy atom. The van der Waals surface area contributed by atoms with Crippen molar-refractivity contribution < 1.29 is 29.3 Å². The van der Waals surface area contributed by atoms with E-state index >= 15 is 0 Å². The van der Waals surface area contributed by atoms with Gasteiger partial charge in [0.15, 0.2) is 5.78 Å². The van der Waals surface area contributed by atoms with Gasteiger partial charge in [0.2, 0.25) is 5.60 Å². The molecule has 0 aromatic rings. The van der Waals surface area contributed by atoms with Gasteiger partial charge in [0, 0.05) is 6.42 Å². The zero-order valence-electron chi connectivity index (χ0n) is 20.1. The second-order valence-electron chi connectivity index (χ2n) is 8.58. The van der Waals surface area contributed by atoms with Crippen LogP contribution in [0.4, 0.5) is 0 Å². The van der Waals surface area contributed by atoms with Gasteiger partial charge in [-0.05, 0) is 20.3 Å². The molecule has 0 saturated carbocycles. The second-order valence-corrected chi connectivity index (χ2v) is 8.58. The van der Waals surface area contributed by atoms with Gasteiger partial charge >= 0.3 is 49.7 Å². The van der Waals surface area contributed by atoms with Crippen molar-refractivity contribution in [3.8, 4) is 0 Å². The van der Waals surface area contributed by atoms with E-state index in [4.69, 9.17) is 5.11 Å². The fourth-order valence-electron chi connectivity index (χ4n) is 3.29. The molecule has 0 aliphatic carbocycles. The predicted molar refractivity (Wildman–Crippen MR) is 124 cm³/mol. The number of aliphatic hydroxyl groups is 2. The Kier molecular flexibility index (Phi) is 22.0. The van der Waals surface area contributed by atoms with Gasteiger partial charge in [0.1, 0.15) is 6.10 Å². The van der Waals surface area contributed by atoms with Crippen LogP contribution in [0.25, 0.3) is 0 Å². The van der Waals surface area contributed by atoms with Crippen LogP contribution in [0.3, 0.4) is 0 Å². The fourth-order valence-corrected chi connectivity index (χ4v) is 3.29. The van der Waals surface area contributed by atoms with E-state index in [0.717, 1.165) is 33.1 Å². The normalized spacial score (nSPS) is 13.7. The van der Waals surface area contributed by atoms with Gasteiger partial charge in [-0.3, -0.25) is 4.79 Å². The summed E-state index contributed by atoms with van der Waals surface area (Å²) >= 11 is 0. The third-order valence-corrected chi connectivity index (χ3v) is 5.48. The number of Topliss-reactive ketones (excluding diaryl/α,β-unsaturated/α-hetero) is 1. The number of esters is 2. The molecule has 2 N–H and O–H groups in total.